The number of halogens is 10. The summed E-state index contributed by atoms with van der Waals surface area (Å²) in [6, 6.07) is 0. The minimum Gasteiger partial charge on any atom is -0.445 e. The standard InChI is InChI=1S/C16H21F10NO7S/c1-13(17,18)10(14(19,20)21)34-12(29)27-8-6-4-2-3-5-7-9(28)33-11(15(22,23)24)16(25,26)35(30,31)32/h10-11H,2-8H2,1H3,(H,27,29)(H,30,31,32). The average molecular weight is 561 g/mol. The second-order valence-electron chi connectivity index (χ2n) is 7.18. The minimum atomic E-state index is -6.56. The maximum absolute atomic E-state index is 13.3. The van der Waals surface area contributed by atoms with Gasteiger partial charge in [0.05, 0.1) is 0 Å². The molecule has 0 radical (unpaired) electrons. The average Bonchev–Trinajstić information content (AvgIpc) is 2.62. The molecule has 0 aliphatic rings. The molecule has 0 saturated heterocycles. The summed E-state index contributed by atoms with van der Waals surface area (Å²) in [7, 11) is -6.56. The quantitative estimate of drug-likeness (QED) is 0.146. The molecule has 8 nitrogen and oxygen atoms in total. The molecule has 0 aliphatic carbocycles. The van der Waals surface area contributed by atoms with Crippen molar-refractivity contribution in [3.63, 3.8) is 0 Å². The Hall–Kier alpha value is -2.05. The summed E-state index contributed by atoms with van der Waals surface area (Å²) in [6.45, 7) is -0.379. The fourth-order valence-electron chi connectivity index (χ4n) is 2.37. The molecule has 0 bridgehead atoms. The van der Waals surface area contributed by atoms with Gasteiger partial charge in [-0.05, 0) is 12.8 Å². The van der Waals surface area contributed by atoms with Gasteiger partial charge in [-0.25, -0.2) is 13.6 Å². The molecular formula is C16H21F10NO7S. The van der Waals surface area contributed by atoms with E-state index < -0.39 is 64.3 Å². The molecule has 0 heterocycles. The Labute approximate surface area is 192 Å². The SMILES string of the molecule is CC(F)(F)C(OC(=O)NCCCCCCCC(=O)OC(C(F)(F)F)C(F)(F)S(=O)(=O)O)C(F)(F)F. The fraction of sp³-hybridized carbons (Fsp3) is 0.875. The van der Waals surface area contributed by atoms with E-state index in [1.165, 1.54) is 0 Å². The number of alkyl halides is 10. The molecule has 0 spiro atoms. The monoisotopic (exact) mass is 561 g/mol. The summed E-state index contributed by atoms with van der Waals surface area (Å²) in [5, 5.41) is -4.03. The maximum atomic E-state index is 13.3. The van der Waals surface area contributed by atoms with E-state index in [1.54, 1.807) is 0 Å². The highest BCUT2D eigenvalue weighted by Crippen LogP contribution is 2.38. The van der Waals surface area contributed by atoms with Gasteiger partial charge >= 0.3 is 39.8 Å². The Kier molecular flexibility index (Phi) is 11.5. The van der Waals surface area contributed by atoms with Crippen molar-refractivity contribution >= 4 is 22.2 Å². The van der Waals surface area contributed by atoms with E-state index in [0.29, 0.717) is 0 Å². The van der Waals surface area contributed by atoms with Crippen LogP contribution in [0.4, 0.5) is 48.7 Å². The maximum Gasteiger partial charge on any atom is 0.432 e. The lowest BCUT2D eigenvalue weighted by molar-refractivity contribution is -0.262. The van der Waals surface area contributed by atoms with E-state index in [1.807, 2.05) is 5.32 Å². The van der Waals surface area contributed by atoms with Crippen LogP contribution in [-0.2, 0) is 24.4 Å². The smallest absolute Gasteiger partial charge is 0.432 e. The van der Waals surface area contributed by atoms with E-state index in [9.17, 15) is 61.9 Å². The van der Waals surface area contributed by atoms with Crippen molar-refractivity contribution in [1.82, 2.24) is 5.32 Å². The highest BCUT2D eigenvalue weighted by atomic mass is 32.2. The third-order valence-corrected chi connectivity index (χ3v) is 4.91. The zero-order valence-corrected chi connectivity index (χ0v) is 18.5. The third kappa shape index (κ3) is 11.5. The Balaban J connectivity index is 4.35. The summed E-state index contributed by atoms with van der Waals surface area (Å²) in [6.07, 6.45) is -21.8. The van der Waals surface area contributed by atoms with Crippen LogP contribution >= 0.6 is 0 Å². The molecule has 2 unspecified atom stereocenters. The summed E-state index contributed by atoms with van der Waals surface area (Å²) in [4.78, 5) is 22.6. The van der Waals surface area contributed by atoms with Crippen LogP contribution in [-0.4, -0.2) is 67.3 Å². The van der Waals surface area contributed by atoms with Gasteiger partial charge in [-0.2, -0.15) is 43.5 Å². The first-order chi connectivity index (χ1) is 15.5. The number of hydrogen-bond acceptors (Lipinski definition) is 6. The molecule has 0 aliphatic heterocycles. The van der Waals surface area contributed by atoms with Crippen molar-refractivity contribution in [2.75, 3.05) is 6.54 Å². The molecule has 208 valence electrons. The van der Waals surface area contributed by atoms with Gasteiger partial charge in [0.25, 0.3) is 18.1 Å². The summed E-state index contributed by atoms with van der Waals surface area (Å²) in [5.41, 5.74) is 0. The van der Waals surface area contributed by atoms with Crippen LogP contribution in [0.3, 0.4) is 0 Å². The Morgan fingerprint density at radius 3 is 1.69 bits per heavy atom. The van der Waals surface area contributed by atoms with Crippen LogP contribution in [0, 0.1) is 0 Å². The molecular weight excluding hydrogens is 540 g/mol. The molecule has 2 N–H and O–H groups in total. The van der Waals surface area contributed by atoms with E-state index in [2.05, 4.69) is 9.47 Å². The summed E-state index contributed by atoms with van der Waals surface area (Å²) >= 11 is 0. The van der Waals surface area contributed by atoms with Crippen molar-refractivity contribution in [2.45, 2.75) is 81.2 Å². The molecule has 2 atom stereocenters. The zero-order valence-electron chi connectivity index (χ0n) is 17.7. The van der Waals surface area contributed by atoms with Crippen molar-refractivity contribution in [2.24, 2.45) is 0 Å². The van der Waals surface area contributed by atoms with Gasteiger partial charge in [-0.3, -0.25) is 9.35 Å². The van der Waals surface area contributed by atoms with E-state index in [4.69, 9.17) is 4.55 Å². The van der Waals surface area contributed by atoms with Crippen molar-refractivity contribution in [1.29, 1.82) is 0 Å². The number of carbonyl (C=O) groups is 2. The first kappa shape index (κ1) is 33.0. The molecule has 0 aromatic heterocycles. The van der Waals surface area contributed by atoms with Crippen LogP contribution in [0.15, 0.2) is 0 Å². The number of alkyl carbamates (subject to hydrolysis) is 1. The second kappa shape index (κ2) is 12.3. The predicted molar refractivity (Wildman–Crippen MR) is 95.1 cm³/mol. The first-order valence-corrected chi connectivity index (χ1v) is 10.9. The van der Waals surface area contributed by atoms with E-state index in [0.717, 1.165) is 0 Å². The number of carbonyl (C=O) groups excluding carboxylic acids is 2. The summed E-state index contributed by atoms with van der Waals surface area (Å²) in [5.74, 6) is -6.22. The van der Waals surface area contributed by atoms with Crippen molar-refractivity contribution in [3.8, 4) is 0 Å². The highest BCUT2D eigenvalue weighted by Gasteiger charge is 2.66. The van der Waals surface area contributed by atoms with Crippen molar-refractivity contribution in [3.05, 3.63) is 0 Å². The Morgan fingerprint density at radius 1 is 0.800 bits per heavy atom. The highest BCUT2D eigenvalue weighted by molar-refractivity contribution is 7.86. The lowest BCUT2D eigenvalue weighted by atomic mass is 10.1. The fourth-order valence-corrected chi connectivity index (χ4v) is 2.83. The number of hydrogen-bond donors (Lipinski definition) is 2. The predicted octanol–water partition coefficient (Wildman–Crippen LogP) is 4.59. The Morgan fingerprint density at radius 2 is 1.26 bits per heavy atom. The van der Waals surface area contributed by atoms with Crippen LogP contribution < -0.4 is 5.32 Å². The van der Waals surface area contributed by atoms with Gasteiger partial charge in [-0.1, -0.05) is 19.3 Å². The number of ether oxygens (including phenoxy) is 2. The first-order valence-electron chi connectivity index (χ1n) is 9.51. The molecule has 19 heteroatoms. The normalized spacial score (nSPS) is 15.3. The third-order valence-electron chi connectivity index (χ3n) is 4.01. The van der Waals surface area contributed by atoms with E-state index >= 15 is 0 Å². The van der Waals surface area contributed by atoms with Crippen LogP contribution in [0.25, 0.3) is 0 Å². The summed E-state index contributed by atoms with van der Waals surface area (Å²) < 4.78 is 164. The van der Waals surface area contributed by atoms with Crippen molar-refractivity contribution < 1.29 is 75.9 Å². The zero-order chi connectivity index (χ0) is 27.9. The second-order valence-corrected chi connectivity index (χ2v) is 8.67. The van der Waals surface area contributed by atoms with Gasteiger partial charge < -0.3 is 14.8 Å². The van der Waals surface area contributed by atoms with Gasteiger partial charge in [0.1, 0.15) is 0 Å². The molecule has 35 heavy (non-hydrogen) atoms. The molecule has 0 rings (SSSR count). The van der Waals surface area contributed by atoms with Crippen LogP contribution in [0.2, 0.25) is 0 Å². The van der Waals surface area contributed by atoms with Gasteiger partial charge in [0.15, 0.2) is 0 Å². The van der Waals surface area contributed by atoms with Gasteiger partial charge in [0.2, 0.25) is 0 Å². The van der Waals surface area contributed by atoms with Gasteiger partial charge in [0, 0.05) is 19.9 Å². The topological polar surface area (TPSA) is 119 Å². The lowest BCUT2D eigenvalue weighted by Gasteiger charge is -2.26. The Bertz CT molecular complexity index is 795. The van der Waals surface area contributed by atoms with Gasteiger partial charge in [-0.15, -0.1) is 0 Å². The number of esters is 1. The number of unbranched alkanes of at least 4 members (excludes halogenated alkanes) is 4. The molecule has 0 fully saturated rings. The molecule has 0 saturated carbocycles. The van der Waals surface area contributed by atoms with Crippen LogP contribution in [0.5, 0.6) is 0 Å². The van der Waals surface area contributed by atoms with Crippen LogP contribution in [0.1, 0.15) is 45.4 Å². The van der Waals surface area contributed by atoms with E-state index in [-0.39, 0.29) is 45.6 Å². The molecule has 0 aromatic rings. The molecule has 1 amide bonds. The number of nitrogens with one attached hydrogen (secondary N) is 1. The lowest BCUT2D eigenvalue weighted by Crippen LogP contribution is -2.52. The molecule has 0 aromatic carbocycles. The minimum absolute atomic E-state index is 0.0858. The number of amides is 1. The largest absolute Gasteiger partial charge is 0.445 e. The number of rotatable bonds is 13.